The van der Waals surface area contributed by atoms with E-state index in [1.807, 2.05) is 62.1 Å². The molecule has 0 unspecified atom stereocenters. The largest absolute Gasteiger partial charge is 0.493 e. The lowest BCUT2D eigenvalue weighted by Crippen LogP contribution is -2.12. The summed E-state index contributed by atoms with van der Waals surface area (Å²) >= 11 is 1.42. The third kappa shape index (κ3) is 4.36. The van der Waals surface area contributed by atoms with Crippen LogP contribution in [-0.2, 0) is 18.3 Å². The molecule has 1 N–H and O–H groups in total. The van der Waals surface area contributed by atoms with Crippen molar-refractivity contribution in [1.29, 1.82) is 0 Å². The molecule has 7 heteroatoms. The Hall–Kier alpha value is -2.67. The summed E-state index contributed by atoms with van der Waals surface area (Å²) in [6.07, 6.45) is 1.07. The van der Waals surface area contributed by atoms with Gasteiger partial charge in [0.2, 0.25) is 5.91 Å². The molecule has 0 saturated carbocycles. The topological polar surface area (TPSA) is 69.0 Å². The fourth-order valence-corrected chi connectivity index (χ4v) is 3.74. The van der Waals surface area contributed by atoms with Gasteiger partial charge in [-0.3, -0.25) is 9.48 Å². The maximum absolute atomic E-state index is 12.3. The molecule has 2 aromatic heterocycles. The summed E-state index contributed by atoms with van der Waals surface area (Å²) in [5.41, 5.74) is 4.95. The van der Waals surface area contributed by atoms with Gasteiger partial charge >= 0.3 is 0 Å². The van der Waals surface area contributed by atoms with Gasteiger partial charge in [-0.15, -0.1) is 11.3 Å². The van der Waals surface area contributed by atoms with E-state index in [0.29, 0.717) is 24.6 Å². The molecule has 0 saturated heterocycles. The van der Waals surface area contributed by atoms with Crippen LogP contribution in [0.5, 0.6) is 5.75 Å². The third-order valence-electron chi connectivity index (χ3n) is 4.47. The van der Waals surface area contributed by atoms with Gasteiger partial charge in [0.25, 0.3) is 0 Å². The summed E-state index contributed by atoms with van der Waals surface area (Å²) in [5.74, 6) is 0.752. The quantitative estimate of drug-likeness (QED) is 0.665. The summed E-state index contributed by atoms with van der Waals surface area (Å²) in [6, 6.07) is 7.79. The molecule has 0 aliphatic rings. The summed E-state index contributed by atoms with van der Waals surface area (Å²) in [7, 11) is 1.92. The molecule has 27 heavy (non-hydrogen) atoms. The Morgan fingerprint density at radius 2 is 2.07 bits per heavy atom. The van der Waals surface area contributed by atoms with Crippen molar-refractivity contribution in [3.8, 4) is 17.0 Å². The fraction of sp³-hybridized carbons (Fsp3) is 0.350. The number of anilines is 1. The average Bonchev–Trinajstić information content (AvgIpc) is 3.19. The molecule has 0 bridgehead atoms. The SMILES string of the molecule is CCOc1ccccc1-c1csc(NC(=O)CCc2c(C)nn(C)c2C)n1. The van der Waals surface area contributed by atoms with Gasteiger partial charge in [0.15, 0.2) is 5.13 Å². The van der Waals surface area contributed by atoms with Crippen LogP contribution in [0.3, 0.4) is 0 Å². The average molecular weight is 385 g/mol. The number of hydrogen-bond acceptors (Lipinski definition) is 5. The minimum absolute atomic E-state index is 0.0448. The van der Waals surface area contributed by atoms with E-state index in [4.69, 9.17) is 4.74 Å². The number of ether oxygens (including phenoxy) is 1. The fourth-order valence-electron chi connectivity index (χ4n) is 3.01. The van der Waals surface area contributed by atoms with Gasteiger partial charge < -0.3 is 10.1 Å². The molecule has 3 rings (SSSR count). The molecular formula is C20H24N4O2S. The van der Waals surface area contributed by atoms with Gasteiger partial charge in [-0.2, -0.15) is 5.10 Å². The first-order valence-corrected chi connectivity index (χ1v) is 9.84. The molecule has 2 heterocycles. The minimum atomic E-state index is -0.0448. The number of aromatic nitrogens is 3. The Balaban J connectivity index is 1.65. The molecule has 3 aromatic rings. The van der Waals surface area contributed by atoms with E-state index >= 15 is 0 Å². The Morgan fingerprint density at radius 1 is 1.30 bits per heavy atom. The van der Waals surface area contributed by atoms with Crippen LogP contribution in [0.25, 0.3) is 11.3 Å². The standard InChI is InChI=1S/C20H24N4O2S/c1-5-26-18-9-7-6-8-16(18)17-12-27-20(21-17)22-19(25)11-10-15-13(2)23-24(4)14(15)3/h6-9,12H,5,10-11H2,1-4H3,(H,21,22,25). The maximum Gasteiger partial charge on any atom is 0.226 e. The molecule has 0 atom stereocenters. The Labute approximate surface area is 163 Å². The second-order valence-corrected chi connectivity index (χ2v) is 7.15. The Bertz CT molecular complexity index is 945. The summed E-state index contributed by atoms with van der Waals surface area (Å²) < 4.78 is 7.52. The molecule has 1 amide bonds. The number of amides is 1. The predicted octanol–water partition coefficient (Wildman–Crippen LogP) is 4.13. The zero-order chi connectivity index (χ0) is 19.4. The van der Waals surface area contributed by atoms with Crippen molar-refractivity contribution in [2.24, 2.45) is 7.05 Å². The molecule has 0 aliphatic carbocycles. The van der Waals surface area contributed by atoms with Crippen molar-refractivity contribution in [3.05, 3.63) is 46.6 Å². The lowest BCUT2D eigenvalue weighted by atomic mass is 10.1. The van der Waals surface area contributed by atoms with Gasteiger partial charge in [0.1, 0.15) is 5.75 Å². The molecule has 0 spiro atoms. The van der Waals surface area contributed by atoms with Crippen LogP contribution in [-0.4, -0.2) is 27.3 Å². The van der Waals surface area contributed by atoms with Crippen molar-refractivity contribution in [3.63, 3.8) is 0 Å². The van der Waals surface area contributed by atoms with Gasteiger partial charge in [-0.1, -0.05) is 12.1 Å². The van der Waals surface area contributed by atoms with Gasteiger partial charge in [-0.05, 0) is 44.9 Å². The van der Waals surface area contributed by atoms with E-state index in [2.05, 4.69) is 15.4 Å². The lowest BCUT2D eigenvalue weighted by molar-refractivity contribution is -0.116. The van der Waals surface area contributed by atoms with E-state index < -0.39 is 0 Å². The first-order valence-electron chi connectivity index (χ1n) is 8.96. The van der Waals surface area contributed by atoms with Crippen molar-refractivity contribution < 1.29 is 9.53 Å². The van der Waals surface area contributed by atoms with Crippen LogP contribution in [0.2, 0.25) is 0 Å². The van der Waals surface area contributed by atoms with Crippen molar-refractivity contribution in [1.82, 2.24) is 14.8 Å². The molecular weight excluding hydrogens is 360 g/mol. The number of para-hydroxylation sites is 1. The molecule has 0 fully saturated rings. The van der Waals surface area contributed by atoms with Gasteiger partial charge in [0.05, 0.1) is 18.0 Å². The normalized spacial score (nSPS) is 10.8. The highest BCUT2D eigenvalue weighted by Crippen LogP contribution is 2.32. The van der Waals surface area contributed by atoms with Gasteiger partial charge in [-0.25, -0.2) is 4.98 Å². The number of rotatable bonds is 7. The molecule has 1 aromatic carbocycles. The number of carbonyl (C=O) groups excluding carboxylic acids is 1. The minimum Gasteiger partial charge on any atom is -0.493 e. The van der Waals surface area contributed by atoms with Crippen LogP contribution in [0.15, 0.2) is 29.6 Å². The summed E-state index contributed by atoms with van der Waals surface area (Å²) in [4.78, 5) is 16.9. The van der Waals surface area contributed by atoms with E-state index in [0.717, 1.165) is 34.0 Å². The number of aryl methyl sites for hydroxylation is 2. The molecule has 0 aliphatic heterocycles. The zero-order valence-corrected chi connectivity index (χ0v) is 16.9. The predicted molar refractivity (Wildman–Crippen MR) is 108 cm³/mol. The zero-order valence-electron chi connectivity index (χ0n) is 16.1. The highest BCUT2D eigenvalue weighted by atomic mass is 32.1. The molecule has 0 radical (unpaired) electrons. The van der Waals surface area contributed by atoms with E-state index in [-0.39, 0.29) is 5.91 Å². The second kappa shape index (κ2) is 8.35. The van der Waals surface area contributed by atoms with Crippen LogP contribution < -0.4 is 10.1 Å². The molecule has 142 valence electrons. The van der Waals surface area contributed by atoms with E-state index in [1.54, 1.807) is 0 Å². The number of thiazole rings is 1. The Kier molecular flexibility index (Phi) is 5.91. The van der Waals surface area contributed by atoms with Crippen molar-refractivity contribution in [2.45, 2.75) is 33.6 Å². The number of carbonyl (C=O) groups is 1. The van der Waals surface area contributed by atoms with Crippen molar-refractivity contribution in [2.75, 3.05) is 11.9 Å². The molecule has 6 nitrogen and oxygen atoms in total. The first-order chi connectivity index (χ1) is 13.0. The van der Waals surface area contributed by atoms with Crippen LogP contribution >= 0.6 is 11.3 Å². The van der Waals surface area contributed by atoms with Gasteiger partial charge in [0, 0.05) is 30.1 Å². The highest BCUT2D eigenvalue weighted by molar-refractivity contribution is 7.14. The number of nitrogens with zero attached hydrogens (tertiary/aromatic N) is 3. The Morgan fingerprint density at radius 3 is 2.78 bits per heavy atom. The summed E-state index contributed by atoms with van der Waals surface area (Å²) in [5, 5.41) is 9.83. The number of nitrogens with one attached hydrogen (secondary N) is 1. The van der Waals surface area contributed by atoms with Crippen LogP contribution in [0.1, 0.15) is 30.3 Å². The third-order valence-corrected chi connectivity index (χ3v) is 5.23. The van der Waals surface area contributed by atoms with Crippen molar-refractivity contribution >= 4 is 22.4 Å². The monoisotopic (exact) mass is 384 g/mol. The lowest BCUT2D eigenvalue weighted by Gasteiger charge is -2.07. The highest BCUT2D eigenvalue weighted by Gasteiger charge is 2.14. The van der Waals surface area contributed by atoms with E-state index in [1.165, 1.54) is 11.3 Å². The van der Waals surface area contributed by atoms with Crippen LogP contribution in [0.4, 0.5) is 5.13 Å². The number of benzene rings is 1. The summed E-state index contributed by atoms with van der Waals surface area (Å²) in [6.45, 7) is 6.55. The smallest absolute Gasteiger partial charge is 0.226 e. The van der Waals surface area contributed by atoms with Crippen LogP contribution in [0, 0.1) is 13.8 Å². The van der Waals surface area contributed by atoms with E-state index in [9.17, 15) is 4.79 Å². The first kappa shape index (κ1) is 19.1. The number of hydrogen-bond donors (Lipinski definition) is 1. The maximum atomic E-state index is 12.3. The second-order valence-electron chi connectivity index (χ2n) is 6.29.